The van der Waals surface area contributed by atoms with Crippen molar-refractivity contribution < 1.29 is 0 Å². The van der Waals surface area contributed by atoms with E-state index in [0.717, 1.165) is 13.1 Å². The average Bonchev–Trinajstić information content (AvgIpc) is 2.37. The van der Waals surface area contributed by atoms with Crippen molar-refractivity contribution in [3.8, 4) is 0 Å². The van der Waals surface area contributed by atoms with Gasteiger partial charge < -0.3 is 0 Å². The van der Waals surface area contributed by atoms with E-state index in [2.05, 4.69) is 29.8 Å². The van der Waals surface area contributed by atoms with E-state index in [4.69, 9.17) is 0 Å². The predicted octanol–water partition coefficient (Wildman–Crippen LogP) is 1.30. The third-order valence-electron chi connectivity index (χ3n) is 2.12. The van der Waals surface area contributed by atoms with Gasteiger partial charge >= 0.3 is 0 Å². The number of thiol groups is 1. The molecule has 1 heterocycles. The van der Waals surface area contributed by atoms with Crippen LogP contribution in [0, 0.1) is 0 Å². The summed E-state index contributed by atoms with van der Waals surface area (Å²) in [5.41, 5.74) is 0.312. The Labute approximate surface area is 74.8 Å². The minimum absolute atomic E-state index is 0.312. The third kappa shape index (κ3) is 3.01. The van der Waals surface area contributed by atoms with Crippen molar-refractivity contribution in [3.05, 3.63) is 0 Å². The standard InChI is InChI=1S/C8H18N2S/c1-2-3-4-6-10-7-5-9-8(10)11/h8-9,11H,2-7H2,1H3. The lowest BCUT2D eigenvalue weighted by Gasteiger charge is -2.18. The molecule has 66 valence electrons. The van der Waals surface area contributed by atoms with E-state index in [1.54, 1.807) is 0 Å². The molecule has 0 aromatic rings. The van der Waals surface area contributed by atoms with Crippen LogP contribution in [0.1, 0.15) is 26.2 Å². The van der Waals surface area contributed by atoms with Crippen LogP contribution in [-0.4, -0.2) is 30.0 Å². The van der Waals surface area contributed by atoms with E-state index < -0.39 is 0 Å². The summed E-state index contributed by atoms with van der Waals surface area (Å²) in [6.45, 7) is 5.70. The quantitative estimate of drug-likeness (QED) is 0.493. The van der Waals surface area contributed by atoms with Crippen LogP contribution in [0.2, 0.25) is 0 Å². The van der Waals surface area contributed by atoms with Crippen LogP contribution in [0.25, 0.3) is 0 Å². The highest BCUT2D eigenvalue weighted by atomic mass is 32.1. The van der Waals surface area contributed by atoms with Crippen molar-refractivity contribution in [1.82, 2.24) is 10.2 Å². The Morgan fingerprint density at radius 2 is 2.36 bits per heavy atom. The lowest BCUT2D eigenvalue weighted by atomic mass is 10.2. The second-order valence-corrected chi connectivity index (χ2v) is 3.56. The van der Waals surface area contributed by atoms with Crippen LogP contribution in [-0.2, 0) is 0 Å². The van der Waals surface area contributed by atoms with Crippen molar-refractivity contribution in [2.45, 2.75) is 31.7 Å². The first kappa shape index (κ1) is 9.36. The SMILES string of the molecule is CCCCCN1CCNC1S. The number of hydrogen-bond donors (Lipinski definition) is 2. The summed E-state index contributed by atoms with van der Waals surface area (Å²) in [4.78, 5) is 2.39. The van der Waals surface area contributed by atoms with Gasteiger partial charge in [-0.2, -0.15) is 0 Å². The number of rotatable bonds is 4. The normalized spacial score (nSPS) is 26.2. The Kier molecular flexibility index (Phi) is 4.26. The zero-order valence-corrected chi connectivity index (χ0v) is 8.11. The van der Waals surface area contributed by atoms with Gasteiger partial charge in [0.05, 0.1) is 0 Å². The van der Waals surface area contributed by atoms with E-state index >= 15 is 0 Å². The lowest BCUT2D eigenvalue weighted by Crippen LogP contribution is -2.31. The van der Waals surface area contributed by atoms with E-state index in [1.165, 1.54) is 25.8 Å². The van der Waals surface area contributed by atoms with Gasteiger partial charge in [0.2, 0.25) is 0 Å². The number of nitrogens with zero attached hydrogens (tertiary/aromatic N) is 1. The Morgan fingerprint density at radius 1 is 1.55 bits per heavy atom. The molecule has 0 saturated carbocycles. The molecule has 0 spiro atoms. The second kappa shape index (κ2) is 5.01. The van der Waals surface area contributed by atoms with Gasteiger partial charge in [-0.1, -0.05) is 19.8 Å². The monoisotopic (exact) mass is 174 g/mol. The second-order valence-electron chi connectivity index (χ2n) is 3.07. The summed E-state index contributed by atoms with van der Waals surface area (Å²) in [5.74, 6) is 0. The van der Waals surface area contributed by atoms with E-state index in [0.29, 0.717) is 5.50 Å². The topological polar surface area (TPSA) is 15.3 Å². The molecule has 1 N–H and O–H groups in total. The van der Waals surface area contributed by atoms with Gasteiger partial charge in [-0.15, -0.1) is 12.6 Å². The highest BCUT2D eigenvalue weighted by molar-refractivity contribution is 7.80. The van der Waals surface area contributed by atoms with Gasteiger partial charge in [-0.3, -0.25) is 10.2 Å². The average molecular weight is 174 g/mol. The molecule has 0 aromatic heterocycles. The smallest absolute Gasteiger partial charge is 0.105 e. The number of nitrogens with one attached hydrogen (secondary N) is 1. The van der Waals surface area contributed by atoms with E-state index in [1.807, 2.05) is 0 Å². The van der Waals surface area contributed by atoms with Gasteiger partial charge in [0.15, 0.2) is 0 Å². The Morgan fingerprint density at radius 3 is 2.91 bits per heavy atom. The highest BCUT2D eigenvalue weighted by Gasteiger charge is 2.18. The fourth-order valence-electron chi connectivity index (χ4n) is 1.39. The maximum atomic E-state index is 4.40. The zero-order valence-electron chi connectivity index (χ0n) is 7.21. The Bertz CT molecular complexity index is 108. The molecule has 1 fully saturated rings. The number of unbranched alkanes of at least 4 members (excludes halogenated alkanes) is 2. The van der Waals surface area contributed by atoms with Crippen LogP contribution in [0.3, 0.4) is 0 Å². The Hall–Kier alpha value is 0.270. The fraction of sp³-hybridized carbons (Fsp3) is 1.00. The summed E-state index contributed by atoms with van der Waals surface area (Å²) in [7, 11) is 0. The summed E-state index contributed by atoms with van der Waals surface area (Å²) < 4.78 is 0. The molecule has 1 atom stereocenters. The Balaban J connectivity index is 2.05. The van der Waals surface area contributed by atoms with Crippen LogP contribution in [0.4, 0.5) is 0 Å². The molecular formula is C8H18N2S. The predicted molar refractivity (Wildman–Crippen MR) is 51.9 cm³/mol. The van der Waals surface area contributed by atoms with Gasteiger partial charge in [-0.05, 0) is 6.42 Å². The molecule has 1 aliphatic rings. The van der Waals surface area contributed by atoms with Gasteiger partial charge in [0, 0.05) is 19.6 Å². The number of hydrogen-bond acceptors (Lipinski definition) is 3. The molecular weight excluding hydrogens is 156 g/mol. The molecule has 1 saturated heterocycles. The fourth-order valence-corrected chi connectivity index (χ4v) is 1.75. The van der Waals surface area contributed by atoms with E-state index in [-0.39, 0.29) is 0 Å². The van der Waals surface area contributed by atoms with Gasteiger partial charge in [0.25, 0.3) is 0 Å². The van der Waals surface area contributed by atoms with Crippen LogP contribution >= 0.6 is 12.6 Å². The molecule has 0 radical (unpaired) electrons. The molecule has 0 bridgehead atoms. The maximum absolute atomic E-state index is 4.40. The summed E-state index contributed by atoms with van der Waals surface area (Å²) in [5, 5.41) is 3.29. The summed E-state index contributed by atoms with van der Waals surface area (Å²) in [6.07, 6.45) is 3.96. The van der Waals surface area contributed by atoms with Crippen LogP contribution in [0.5, 0.6) is 0 Å². The first-order chi connectivity index (χ1) is 5.34. The summed E-state index contributed by atoms with van der Waals surface area (Å²) in [6, 6.07) is 0. The first-order valence-electron chi connectivity index (χ1n) is 4.50. The van der Waals surface area contributed by atoms with Gasteiger partial charge in [0.1, 0.15) is 5.50 Å². The van der Waals surface area contributed by atoms with Crippen LogP contribution in [0.15, 0.2) is 0 Å². The molecule has 1 aliphatic heterocycles. The van der Waals surface area contributed by atoms with Crippen LogP contribution < -0.4 is 5.32 Å². The van der Waals surface area contributed by atoms with Crippen molar-refractivity contribution in [1.29, 1.82) is 0 Å². The van der Waals surface area contributed by atoms with Crippen molar-refractivity contribution in [2.75, 3.05) is 19.6 Å². The summed E-state index contributed by atoms with van der Waals surface area (Å²) >= 11 is 4.40. The van der Waals surface area contributed by atoms with Crippen molar-refractivity contribution >= 4 is 12.6 Å². The zero-order chi connectivity index (χ0) is 8.10. The third-order valence-corrected chi connectivity index (χ3v) is 2.63. The molecule has 1 unspecified atom stereocenters. The molecule has 2 nitrogen and oxygen atoms in total. The molecule has 3 heteroatoms. The van der Waals surface area contributed by atoms with Gasteiger partial charge in [-0.25, -0.2) is 0 Å². The first-order valence-corrected chi connectivity index (χ1v) is 5.01. The maximum Gasteiger partial charge on any atom is 0.105 e. The molecule has 11 heavy (non-hydrogen) atoms. The van der Waals surface area contributed by atoms with Crippen molar-refractivity contribution in [2.24, 2.45) is 0 Å². The molecule has 1 rings (SSSR count). The van der Waals surface area contributed by atoms with Crippen molar-refractivity contribution in [3.63, 3.8) is 0 Å². The minimum atomic E-state index is 0.312. The molecule has 0 aromatic carbocycles. The highest BCUT2D eigenvalue weighted by Crippen LogP contribution is 2.08. The molecule has 0 aliphatic carbocycles. The molecule has 0 amide bonds. The van der Waals surface area contributed by atoms with E-state index in [9.17, 15) is 0 Å². The minimum Gasteiger partial charge on any atom is -0.292 e. The largest absolute Gasteiger partial charge is 0.292 e. The lowest BCUT2D eigenvalue weighted by molar-refractivity contribution is 0.304.